The smallest absolute Gasteiger partial charge is 0.338 e. The third-order valence-corrected chi connectivity index (χ3v) is 4.60. The van der Waals surface area contributed by atoms with Crippen molar-refractivity contribution in [1.29, 1.82) is 0 Å². The zero-order valence-corrected chi connectivity index (χ0v) is 15.4. The molecule has 1 aliphatic rings. The first-order valence-electron chi connectivity index (χ1n) is 9.09. The van der Waals surface area contributed by atoms with Gasteiger partial charge in [0, 0.05) is 19.4 Å². The molecule has 3 heterocycles. The van der Waals surface area contributed by atoms with Gasteiger partial charge < -0.3 is 15.0 Å². The number of carbonyl (C=O) groups excluding carboxylic acids is 3. The standard InChI is InChI=1S/C19H18N6O4/c20-17-16-18(22-10-21-17)24(11-23-16)7-2-8-29-19(28)12-3-1-4-13(9-12)25-14(26)5-6-15(25)27/h1,3-4,9-11H,2,5-8H2,(H2,20,21,22). The second kappa shape index (κ2) is 7.66. The van der Waals surface area contributed by atoms with Crippen molar-refractivity contribution in [1.82, 2.24) is 19.5 Å². The molecular weight excluding hydrogens is 376 g/mol. The second-order valence-electron chi connectivity index (χ2n) is 6.53. The Balaban J connectivity index is 1.35. The van der Waals surface area contributed by atoms with E-state index in [0.717, 1.165) is 4.90 Å². The number of benzene rings is 1. The van der Waals surface area contributed by atoms with Crippen molar-refractivity contribution < 1.29 is 19.1 Å². The highest BCUT2D eigenvalue weighted by molar-refractivity contribution is 6.20. The van der Waals surface area contributed by atoms with E-state index >= 15 is 0 Å². The first-order chi connectivity index (χ1) is 14.0. The largest absolute Gasteiger partial charge is 0.462 e. The number of carbonyl (C=O) groups is 3. The minimum absolute atomic E-state index is 0.185. The number of hydrogen-bond acceptors (Lipinski definition) is 8. The average molecular weight is 394 g/mol. The van der Waals surface area contributed by atoms with E-state index in [1.807, 2.05) is 4.57 Å². The zero-order valence-electron chi connectivity index (χ0n) is 15.4. The first-order valence-corrected chi connectivity index (χ1v) is 9.09. The normalized spacial score (nSPS) is 14.0. The summed E-state index contributed by atoms with van der Waals surface area (Å²) in [6.45, 7) is 0.724. The van der Waals surface area contributed by atoms with Gasteiger partial charge in [0.25, 0.3) is 0 Å². The highest BCUT2D eigenvalue weighted by atomic mass is 16.5. The molecule has 2 N–H and O–H groups in total. The maximum absolute atomic E-state index is 12.3. The van der Waals surface area contributed by atoms with Gasteiger partial charge in [-0.15, -0.1) is 0 Å². The number of esters is 1. The van der Waals surface area contributed by atoms with Gasteiger partial charge >= 0.3 is 5.97 Å². The summed E-state index contributed by atoms with van der Waals surface area (Å²) in [4.78, 5) is 49.4. The molecule has 1 aromatic carbocycles. The van der Waals surface area contributed by atoms with E-state index in [0.29, 0.717) is 35.6 Å². The highest BCUT2D eigenvalue weighted by Crippen LogP contribution is 2.23. The monoisotopic (exact) mass is 394 g/mol. The fraction of sp³-hybridized carbons (Fsp3) is 0.263. The van der Waals surface area contributed by atoms with Crippen LogP contribution in [-0.4, -0.2) is 43.9 Å². The van der Waals surface area contributed by atoms with Crippen LogP contribution in [-0.2, 0) is 20.9 Å². The number of aryl methyl sites for hydroxylation is 1. The van der Waals surface area contributed by atoms with Crippen molar-refractivity contribution in [2.24, 2.45) is 0 Å². The lowest BCUT2D eigenvalue weighted by atomic mass is 10.2. The lowest BCUT2D eigenvalue weighted by Crippen LogP contribution is -2.28. The first kappa shape index (κ1) is 18.5. The van der Waals surface area contributed by atoms with Gasteiger partial charge in [-0.25, -0.2) is 19.7 Å². The number of nitrogens with zero attached hydrogens (tertiary/aromatic N) is 5. The van der Waals surface area contributed by atoms with Gasteiger partial charge in [-0.3, -0.25) is 14.5 Å². The highest BCUT2D eigenvalue weighted by Gasteiger charge is 2.30. The number of aromatic nitrogens is 4. The van der Waals surface area contributed by atoms with Crippen molar-refractivity contribution in [2.75, 3.05) is 17.2 Å². The van der Waals surface area contributed by atoms with Crippen molar-refractivity contribution in [3.05, 3.63) is 42.5 Å². The van der Waals surface area contributed by atoms with E-state index in [2.05, 4.69) is 15.0 Å². The molecule has 2 amide bonds. The van der Waals surface area contributed by atoms with Gasteiger partial charge in [0.1, 0.15) is 11.8 Å². The molecule has 0 aliphatic carbocycles. The third kappa shape index (κ3) is 3.64. The molecule has 1 saturated heterocycles. The van der Waals surface area contributed by atoms with Crippen LogP contribution in [0.4, 0.5) is 11.5 Å². The molecule has 1 aliphatic heterocycles. The van der Waals surface area contributed by atoms with Gasteiger partial charge in [-0.1, -0.05) is 6.07 Å². The Morgan fingerprint density at radius 2 is 1.93 bits per heavy atom. The molecule has 0 radical (unpaired) electrons. The summed E-state index contributed by atoms with van der Waals surface area (Å²) in [7, 11) is 0. The molecule has 0 unspecified atom stereocenters. The van der Waals surface area contributed by atoms with E-state index in [9.17, 15) is 14.4 Å². The Bertz CT molecular complexity index is 1090. The number of ether oxygens (including phenoxy) is 1. The summed E-state index contributed by atoms with van der Waals surface area (Å²) in [6.07, 6.45) is 3.91. The van der Waals surface area contributed by atoms with Crippen LogP contribution in [0, 0.1) is 0 Å². The second-order valence-corrected chi connectivity index (χ2v) is 6.53. The number of nitrogens with two attached hydrogens (primary N) is 1. The number of nitrogen functional groups attached to an aromatic ring is 1. The molecule has 10 nitrogen and oxygen atoms in total. The maximum atomic E-state index is 12.3. The van der Waals surface area contributed by atoms with Crippen LogP contribution < -0.4 is 10.6 Å². The Morgan fingerprint density at radius 3 is 2.72 bits per heavy atom. The molecule has 3 aromatic rings. The number of anilines is 2. The minimum atomic E-state index is -0.520. The summed E-state index contributed by atoms with van der Waals surface area (Å²) in [5, 5.41) is 0. The van der Waals surface area contributed by atoms with Gasteiger partial charge in [-0.05, 0) is 24.6 Å². The molecule has 29 heavy (non-hydrogen) atoms. The van der Waals surface area contributed by atoms with E-state index in [1.54, 1.807) is 24.5 Å². The molecule has 148 valence electrons. The molecular formula is C19H18N6O4. The van der Waals surface area contributed by atoms with Crippen LogP contribution in [0.1, 0.15) is 29.6 Å². The molecule has 2 aromatic heterocycles. The molecule has 0 spiro atoms. The average Bonchev–Trinajstić information content (AvgIpc) is 3.29. The maximum Gasteiger partial charge on any atom is 0.338 e. The number of fused-ring (bicyclic) bond motifs is 1. The van der Waals surface area contributed by atoms with E-state index in [-0.39, 0.29) is 36.8 Å². The summed E-state index contributed by atoms with van der Waals surface area (Å²) < 4.78 is 7.13. The number of imidazole rings is 1. The van der Waals surface area contributed by atoms with Crippen LogP contribution in [0.5, 0.6) is 0 Å². The Labute approximate surface area is 165 Å². The Kier molecular flexibility index (Phi) is 4.90. The van der Waals surface area contributed by atoms with Crippen LogP contribution >= 0.6 is 0 Å². The van der Waals surface area contributed by atoms with Gasteiger partial charge in [0.2, 0.25) is 11.8 Å². The minimum Gasteiger partial charge on any atom is -0.462 e. The fourth-order valence-electron chi connectivity index (χ4n) is 3.18. The Hall–Kier alpha value is -3.82. The van der Waals surface area contributed by atoms with Gasteiger partial charge in [0.05, 0.1) is 24.2 Å². The number of imide groups is 1. The number of rotatable bonds is 6. The predicted octanol–water partition coefficient (Wildman–Crippen LogP) is 1.31. The van der Waals surface area contributed by atoms with E-state index in [1.165, 1.54) is 12.4 Å². The van der Waals surface area contributed by atoms with Crippen molar-refractivity contribution in [3.63, 3.8) is 0 Å². The summed E-state index contributed by atoms with van der Waals surface area (Å²) in [5.74, 6) is -0.738. The van der Waals surface area contributed by atoms with E-state index < -0.39 is 5.97 Å². The molecule has 0 saturated carbocycles. The van der Waals surface area contributed by atoms with Crippen LogP contribution in [0.3, 0.4) is 0 Å². The zero-order chi connectivity index (χ0) is 20.4. The number of hydrogen-bond donors (Lipinski definition) is 1. The Morgan fingerprint density at radius 1 is 1.14 bits per heavy atom. The van der Waals surface area contributed by atoms with Gasteiger partial charge in [-0.2, -0.15) is 0 Å². The van der Waals surface area contributed by atoms with Crippen molar-refractivity contribution in [2.45, 2.75) is 25.8 Å². The molecule has 10 heteroatoms. The lowest BCUT2D eigenvalue weighted by Gasteiger charge is -2.14. The lowest BCUT2D eigenvalue weighted by molar-refractivity contribution is -0.121. The molecule has 4 rings (SSSR count). The summed E-state index contributed by atoms with van der Waals surface area (Å²) in [6, 6.07) is 6.31. The topological polar surface area (TPSA) is 133 Å². The quantitative estimate of drug-likeness (QED) is 0.376. The van der Waals surface area contributed by atoms with E-state index in [4.69, 9.17) is 10.5 Å². The fourth-order valence-corrected chi connectivity index (χ4v) is 3.18. The van der Waals surface area contributed by atoms with Crippen LogP contribution in [0.25, 0.3) is 11.2 Å². The van der Waals surface area contributed by atoms with Crippen LogP contribution in [0.2, 0.25) is 0 Å². The van der Waals surface area contributed by atoms with Crippen molar-refractivity contribution >= 4 is 40.5 Å². The molecule has 1 fully saturated rings. The van der Waals surface area contributed by atoms with Crippen LogP contribution in [0.15, 0.2) is 36.9 Å². The SMILES string of the molecule is Nc1ncnc2c1ncn2CCCOC(=O)c1cccc(N2C(=O)CCC2=O)c1. The summed E-state index contributed by atoms with van der Waals surface area (Å²) >= 11 is 0. The van der Waals surface area contributed by atoms with Gasteiger partial charge in [0.15, 0.2) is 11.5 Å². The van der Waals surface area contributed by atoms with Crippen molar-refractivity contribution in [3.8, 4) is 0 Å². The molecule has 0 bridgehead atoms. The predicted molar refractivity (Wildman–Crippen MR) is 103 cm³/mol. The third-order valence-electron chi connectivity index (χ3n) is 4.60. The molecule has 0 atom stereocenters. The number of amides is 2. The summed E-state index contributed by atoms with van der Waals surface area (Å²) in [5.41, 5.74) is 7.58.